The van der Waals surface area contributed by atoms with Crippen LogP contribution in [0.4, 0.5) is 10.5 Å². The molecule has 1 N–H and O–H groups in total. The van der Waals surface area contributed by atoms with E-state index < -0.39 is 0 Å². The van der Waals surface area contributed by atoms with E-state index in [1.165, 1.54) is 0 Å². The van der Waals surface area contributed by atoms with Gasteiger partial charge in [0.2, 0.25) is 5.91 Å². The van der Waals surface area contributed by atoms with Crippen molar-refractivity contribution >= 4 is 17.6 Å². The molecule has 3 saturated heterocycles. The minimum Gasteiger partial charge on any atom is -0.341 e. The summed E-state index contributed by atoms with van der Waals surface area (Å²) in [5, 5.41) is 7.22. The molecule has 8 heteroatoms. The zero-order chi connectivity index (χ0) is 16.5. The number of carbonyl (C=O) groups is 2. The minimum absolute atomic E-state index is 0.0454. The Balaban J connectivity index is 1.25. The number of anilines is 1. The second kappa shape index (κ2) is 6.43. The Morgan fingerprint density at radius 3 is 2.79 bits per heavy atom. The van der Waals surface area contributed by atoms with Crippen molar-refractivity contribution in [1.29, 1.82) is 0 Å². The summed E-state index contributed by atoms with van der Waals surface area (Å²) in [6.45, 7) is 5.98. The van der Waals surface area contributed by atoms with Crippen LogP contribution in [0.1, 0.15) is 25.3 Å². The van der Waals surface area contributed by atoms with Crippen molar-refractivity contribution < 1.29 is 9.59 Å². The van der Waals surface area contributed by atoms with Gasteiger partial charge in [0.1, 0.15) is 0 Å². The van der Waals surface area contributed by atoms with E-state index in [0.717, 1.165) is 51.3 Å². The van der Waals surface area contributed by atoms with E-state index in [4.69, 9.17) is 0 Å². The first kappa shape index (κ1) is 15.4. The van der Waals surface area contributed by atoms with Gasteiger partial charge >= 0.3 is 6.03 Å². The van der Waals surface area contributed by atoms with E-state index in [-0.39, 0.29) is 6.03 Å². The summed E-state index contributed by atoms with van der Waals surface area (Å²) >= 11 is 0. The predicted octanol–water partition coefficient (Wildman–Crippen LogP) is 0.282. The highest BCUT2D eigenvalue weighted by Gasteiger charge is 2.30. The number of urea groups is 1. The van der Waals surface area contributed by atoms with Gasteiger partial charge in [0.15, 0.2) is 0 Å². The summed E-state index contributed by atoms with van der Waals surface area (Å²) < 4.78 is 1.96. The monoisotopic (exact) mass is 332 g/mol. The quantitative estimate of drug-likeness (QED) is 0.841. The summed E-state index contributed by atoms with van der Waals surface area (Å²) in [5.74, 6) is 0.305. The number of amides is 3. The lowest BCUT2D eigenvalue weighted by Gasteiger charge is -2.40. The third-order valence-electron chi connectivity index (χ3n) is 5.18. The lowest BCUT2D eigenvalue weighted by atomic mass is 10.1. The molecule has 0 saturated carbocycles. The molecule has 130 valence electrons. The van der Waals surface area contributed by atoms with Crippen LogP contribution in [0.25, 0.3) is 0 Å². The van der Waals surface area contributed by atoms with Gasteiger partial charge in [0.05, 0.1) is 17.9 Å². The maximum atomic E-state index is 11.8. The normalized spacial score (nSPS) is 22.8. The molecule has 0 spiro atoms. The molecule has 3 aliphatic heterocycles. The average Bonchev–Trinajstić information content (AvgIpc) is 3.16. The number of nitrogens with zero attached hydrogens (tertiary/aromatic N) is 5. The zero-order valence-electron chi connectivity index (χ0n) is 13.9. The summed E-state index contributed by atoms with van der Waals surface area (Å²) in [5.41, 5.74) is 0.863. The molecule has 3 aliphatic rings. The van der Waals surface area contributed by atoms with E-state index >= 15 is 0 Å². The van der Waals surface area contributed by atoms with Crippen LogP contribution in [0.5, 0.6) is 0 Å². The molecule has 3 amide bonds. The van der Waals surface area contributed by atoms with Crippen LogP contribution >= 0.6 is 0 Å². The average molecular weight is 332 g/mol. The largest absolute Gasteiger partial charge is 0.341 e. The fourth-order valence-electron chi connectivity index (χ4n) is 3.64. The Hall–Kier alpha value is -2.09. The van der Waals surface area contributed by atoms with Crippen LogP contribution in [-0.2, 0) is 4.79 Å². The second-order valence-corrected chi connectivity index (χ2v) is 6.81. The van der Waals surface area contributed by atoms with Crippen LogP contribution in [0.15, 0.2) is 12.4 Å². The topological polar surface area (TPSA) is 73.7 Å². The first-order valence-electron chi connectivity index (χ1n) is 8.80. The van der Waals surface area contributed by atoms with Gasteiger partial charge in [-0.05, 0) is 12.8 Å². The molecule has 0 aromatic carbocycles. The number of hydrogen-bond donors (Lipinski definition) is 1. The molecule has 3 fully saturated rings. The molecule has 0 atom stereocenters. The molecule has 1 aromatic heterocycles. The molecular formula is C16H24N6O2. The molecule has 0 radical (unpaired) electrons. The van der Waals surface area contributed by atoms with Crippen LogP contribution in [0.3, 0.4) is 0 Å². The highest BCUT2D eigenvalue weighted by molar-refractivity contribution is 5.93. The van der Waals surface area contributed by atoms with E-state index in [0.29, 0.717) is 31.5 Å². The zero-order valence-corrected chi connectivity index (χ0v) is 13.9. The number of carbonyl (C=O) groups excluding carboxylic acids is 2. The Morgan fingerprint density at radius 1 is 1.17 bits per heavy atom. The molecule has 4 rings (SSSR count). The Bertz CT molecular complexity index is 624. The van der Waals surface area contributed by atoms with Crippen molar-refractivity contribution in [2.45, 2.75) is 25.3 Å². The van der Waals surface area contributed by atoms with Crippen LogP contribution < -0.4 is 10.2 Å². The molecule has 1 aromatic rings. The van der Waals surface area contributed by atoms with Gasteiger partial charge < -0.3 is 10.2 Å². The minimum atomic E-state index is -0.0454. The van der Waals surface area contributed by atoms with Crippen molar-refractivity contribution in [1.82, 2.24) is 24.9 Å². The molecule has 4 heterocycles. The summed E-state index contributed by atoms with van der Waals surface area (Å²) in [6.07, 6.45) is 6.61. The Labute approximate surface area is 141 Å². The molecule has 0 aliphatic carbocycles. The van der Waals surface area contributed by atoms with Gasteiger partial charge in [-0.2, -0.15) is 5.10 Å². The predicted molar refractivity (Wildman–Crippen MR) is 88.9 cm³/mol. The van der Waals surface area contributed by atoms with E-state index in [2.05, 4.69) is 15.3 Å². The molecule has 24 heavy (non-hydrogen) atoms. The van der Waals surface area contributed by atoms with Crippen molar-refractivity contribution in [2.75, 3.05) is 50.7 Å². The second-order valence-electron chi connectivity index (χ2n) is 6.81. The van der Waals surface area contributed by atoms with Crippen LogP contribution in [0, 0.1) is 0 Å². The van der Waals surface area contributed by atoms with E-state index in [1.54, 1.807) is 11.1 Å². The lowest BCUT2D eigenvalue weighted by molar-refractivity contribution is -0.133. The van der Waals surface area contributed by atoms with E-state index in [9.17, 15) is 9.59 Å². The number of aromatic nitrogens is 2. The first-order valence-corrected chi connectivity index (χ1v) is 8.80. The highest BCUT2D eigenvalue weighted by Crippen LogP contribution is 2.24. The molecule has 8 nitrogen and oxygen atoms in total. The Kier molecular flexibility index (Phi) is 4.13. The number of likely N-dealkylation sites (tertiary alicyclic amines) is 2. The number of rotatable bonds is 5. The Morgan fingerprint density at radius 2 is 2.04 bits per heavy atom. The van der Waals surface area contributed by atoms with Crippen LogP contribution in [-0.4, -0.2) is 77.3 Å². The van der Waals surface area contributed by atoms with Crippen molar-refractivity contribution in [2.24, 2.45) is 0 Å². The maximum absolute atomic E-state index is 11.8. The van der Waals surface area contributed by atoms with Gasteiger partial charge in [-0.25, -0.2) is 4.79 Å². The van der Waals surface area contributed by atoms with Crippen LogP contribution in [0.2, 0.25) is 0 Å². The molecule has 0 bridgehead atoms. The van der Waals surface area contributed by atoms with Gasteiger partial charge in [0, 0.05) is 58.4 Å². The SMILES string of the molecule is O=C1CCCCN1CCN1CC(n2cc(N3CCNC3=O)cn2)C1. The van der Waals surface area contributed by atoms with Crippen molar-refractivity contribution in [3.63, 3.8) is 0 Å². The smallest absolute Gasteiger partial charge is 0.322 e. The first-order chi connectivity index (χ1) is 11.7. The highest BCUT2D eigenvalue weighted by atomic mass is 16.2. The fraction of sp³-hybridized carbons (Fsp3) is 0.688. The summed E-state index contributed by atoms with van der Waals surface area (Å²) in [6, 6.07) is 0.317. The number of piperidine rings is 1. The third-order valence-corrected chi connectivity index (χ3v) is 5.18. The molecular weight excluding hydrogens is 308 g/mol. The number of nitrogens with one attached hydrogen (secondary N) is 1. The van der Waals surface area contributed by atoms with Gasteiger partial charge in [-0.15, -0.1) is 0 Å². The van der Waals surface area contributed by atoms with Gasteiger partial charge in [-0.3, -0.25) is 19.3 Å². The standard InChI is InChI=1S/C16H24N6O2/c23-15-3-1-2-5-20(15)8-7-19-10-14(11-19)22-12-13(9-18-22)21-6-4-17-16(21)24/h9,12,14H,1-8,10-11H2,(H,17,24). The third kappa shape index (κ3) is 2.98. The van der Waals surface area contributed by atoms with Gasteiger partial charge in [-0.1, -0.05) is 0 Å². The molecule has 0 unspecified atom stereocenters. The summed E-state index contributed by atoms with van der Waals surface area (Å²) in [7, 11) is 0. The van der Waals surface area contributed by atoms with E-state index in [1.807, 2.05) is 15.8 Å². The summed E-state index contributed by atoms with van der Waals surface area (Å²) in [4.78, 5) is 29.6. The lowest BCUT2D eigenvalue weighted by Crippen LogP contribution is -2.51. The fourth-order valence-corrected chi connectivity index (χ4v) is 3.64. The maximum Gasteiger partial charge on any atom is 0.322 e. The van der Waals surface area contributed by atoms with Gasteiger partial charge in [0.25, 0.3) is 0 Å². The van der Waals surface area contributed by atoms with Crippen molar-refractivity contribution in [3.8, 4) is 0 Å². The van der Waals surface area contributed by atoms with Crippen molar-refractivity contribution in [3.05, 3.63) is 12.4 Å². The number of hydrogen-bond acceptors (Lipinski definition) is 4.